The Morgan fingerprint density at radius 3 is 2.17 bits per heavy atom. The fourth-order valence-electron chi connectivity index (χ4n) is 3.43. The van der Waals surface area contributed by atoms with Crippen LogP contribution in [0.4, 0.5) is 5.82 Å². The van der Waals surface area contributed by atoms with Crippen LogP contribution in [0.3, 0.4) is 0 Å². The summed E-state index contributed by atoms with van der Waals surface area (Å²) < 4.78 is 6.92. The van der Waals surface area contributed by atoms with Gasteiger partial charge in [0, 0.05) is 33.1 Å². The summed E-state index contributed by atoms with van der Waals surface area (Å²) in [5.41, 5.74) is 1.67. The molecule has 0 spiro atoms. The first kappa shape index (κ1) is 26.6. The first-order valence-electron chi connectivity index (χ1n) is 11.2. The predicted molar refractivity (Wildman–Crippen MR) is 140 cm³/mol. The van der Waals surface area contributed by atoms with E-state index in [-0.39, 0.29) is 29.8 Å². The van der Waals surface area contributed by atoms with Crippen molar-refractivity contribution in [1.29, 1.82) is 0 Å². The lowest BCUT2D eigenvalue weighted by atomic mass is 9.92. The number of nitrogens with zero attached hydrogens (tertiary/aromatic N) is 3. The maximum Gasteiger partial charge on any atom is 0.254 e. The summed E-state index contributed by atoms with van der Waals surface area (Å²) in [4.78, 5) is 27.8. The number of carbonyl (C=O) groups is 2. The number of methoxy groups -OCH3 is 1. The summed E-state index contributed by atoms with van der Waals surface area (Å²) in [6.45, 7) is 9.68. The number of halogens is 2. The van der Waals surface area contributed by atoms with Crippen molar-refractivity contribution in [3.8, 4) is 11.4 Å². The van der Waals surface area contributed by atoms with E-state index < -0.39 is 0 Å². The third-order valence-corrected chi connectivity index (χ3v) is 5.81. The molecular formula is C26H30Cl2N4O3. The molecule has 0 aliphatic carbocycles. The van der Waals surface area contributed by atoms with Crippen LogP contribution in [0.15, 0.2) is 48.5 Å². The molecule has 2 aromatic carbocycles. The molecule has 2 amide bonds. The Morgan fingerprint density at radius 1 is 1.06 bits per heavy atom. The molecule has 1 N–H and O–H groups in total. The minimum absolute atomic E-state index is 0.153. The van der Waals surface area contributed by atoms with Gasteiger partial charge in [-0.1, -0.05) is 44.0 Å². The lowest BCUT2D eigenvalue weighted by Crippen LogP contribution is -2.42. The molecule has 0 atom stereocenters. The van der Waals surface area contributed by atoms with Gasteiger partial charge in [-0.3, -0.25) is 9.59 Å². The second kappa shape index (κ2) is 10.7. The zero-order valence-corrected chi connectivity index (χ0v) is 22.2. The van der Waals surface area contributed by atoms with Gasteiger partial charge in [0.2, 0.25) is 5.91 Å². The summed E-state index contributed by atoms with van der Waals surface area (Å²) in [6.07, 6.45) is 0. The van der Waals surface area contributed by atoms with Crippen LogP contribution in [0.25, 0.3) is 5.69 Å². The molecule has 9 heteroatoms. The first-order valence-corrected chi connectivity index (χ1v) is 12.0. The topological polar surface area (TPSA) is 76.5 Å². The van der Waals surface area contributed by atoms with Crippen LogP contribution >= 0.6 is 23.2 Å². The monoisotopic (exact) mass is 516 g/mol. The zero-order chi connectivity index (χ0) is 25.9. The van der Waals surface area contributed by atoms with Crippen LogP contribution in [0.5, 0.6) is 5.75 Å². The van der Waals surface area contributed by atoms with Crippen LogP contribution in [-0.4, -0.2) is 46.2 Å². The highest BCUT2D eigenvalue weighted by Gasteiger charge is 2.25. The SMILES string of the molecule is COc1ccc(-n2nc(C(C)(C)C)cc2NC(=O)CN(C(=O)c2cc(Cl)cc(Cl)c2)C(C)C)cc1. The van der Waals surface area contributed by atoms with Crippen LogP contribution in [0, 0.1) is 0 Å². The number of ether oxygens (including phenoxy) is 1. The molecule has 0 bridgehead atoms. The Kier molecular flexibility index (Phi) is 8.13. The van der Waals surface area contributed by atoms with Crippen molar-refractivity contribution in [3.05, 3.63) is 69.8 Å². The van der Waals surface area contributed by atoms with Crippen molar-refractivity contribution >= 4 is 40.8 Å². The predicted octanol–water partition coefficient (Wildman–Crippen LogP) is 5.97. The fraction of sp³-hybridized carbons (Fsp3) is 0.346. The Bertz CT molecular complexity index is 1190. The number of benzene rings is 2. The number of rotatable bonds is 7. The van der Waals surface area contributed by atoms with Gasteiger partial charge >= 0.3 is 0 Å². The van der Waals surface area contributed by atoms with Gasteiger partial charge in [0.25, 0.3) is 5.91 Å². The molecule has 0 fully saturated rings. The lowest BCUT2D eigenvalue weighted by molar-refractivity contribution is -0.117. The Balaban J connectivity index is 1.88. The molecule has 3 rings (SSSR count). The first-order chi connectivity index (χ1) is 16.4. The van der Waals surface area contributed by atoms with E-state index in [0.29, 0.717) is 21.4 Å². The van der Waals surface area contributed by atoms with Crippen LogP contribution in [-0.2, 0) is 10.2 Å². The quantitative estimate of drug-likeness (QED) is 0.419. The van der Waals surface area contributed by atoms with Crippen molar-refractivity contribution in [2.75, 3.05) is 19.0 Å². The zero-order valence-electron chi connectivity index (χ0n) is 20.7. The highest BCUT2D eigenvalue weighted by atomic mass is 35.5. The highest BCUT2D eigenvalue weighted by Crippen LogP contribution is 2.27. The molecule has 0 aliphatic rings. The van der Waals surface area contributed by atoms with Crippen molar-refractivity contribution in [2.24, 2.45) is 0 Å². The van der Waals surface area contributed by atoms with E-state index in [1.807, 2.05) is 44.2 Å². The van der Waals surface area contributed by atoms with Crippen molar-refractivity contribution in [3.63, 3.8) is 0 Å². The van der Waals surface area contributed by atoms with E-state index in [0.717, 1.165) is 17.1 Å². The molecular weight excluding hydrogens is 487 g/mol. The fourth-order valence-corrected chi connectivity index (χ4v) is 3.95. The highest BCUT2D eigenvalue weighted by molar-refractivity contribution is 6.35. The Morgan fingerprint density at radius 2 is 1.66 bits per heavy atom. The third kappa shape index (κ3) is 6.55. The average Bonchev–Trinajstić information content (AvgIpc) is 3.20. The molecule has 35 heavy (non-hydrogen) atoms. The maximum absolute atomic E-state index is 13.2. The molecule has 0 saturated carbocycles. The number of hydrogen-bond acceptors (Lipinski definition) is 4. The summed E-state index contributed by atoms with van der Waals surface area (Å²) in [6, 6.07) is 13.6. The molecule has 0 radical (unpaired) electrons. The number of amides is 2. The minimum atomic E-state index is -0.352. The van der Waals surface area contributed by atoms with Crippen LogP contribution < -0.4 is 10.1 Å². The minimum Gasteiger partial charge on any atom is -0.497 e. The molecule has 1 heterocycles. The van der Waals surface area contributed by atoms with Gasteiger partial charge in [0.05, 0.1) is 18.5 Å². The molecule has 1 aromatic heterocycles. The average molecular weight is 517 g/mol. The second-order valence-corrected chi connectivity index (χ2v) is 10.4. The van der Waals surface area contributed by atoms with Crippen LogP contribution in [0.2, 0.25) is 10.0 Å². The van der Waals surface area contributed by atoms with Gasteiger partial charge in [-0.25, -0.2) is 4.68 Å². The summed E-state index contributed by atoms with van der Waals surface area (Å²) >= 11 is 12.1. The van der Waals surface area contributed by atoms with Crippen molar-refractivity contribution in [2.45, 2.75) is 46.1 Å². The summed E-state index contributed by atoms with van der Waals surface area (Å²) in [5, 5.41) is 8.36. The summed E-state index contributed by atoms with van der Waals surface area (Å²) in [5.74, 6) is 0.538. The maximum atomic E-state index is 13.2. The number of anilines is 1. The normalized spacial score (nSPS) is 11.5. The van der Waals surface area contributed by atoms with Gasteiger partial charge in [-0.15, -0.1) is 0 Å². The van der Waals surface area contributed by atoms with Gasteiger partial charge in [0.1, 0.15) is 18.1 Å². The lowest BCUT2D eigenvalue weighted by Gasteiger charge is -2.26. The standard InChI is InChI=1S/C26H30Cl2N4O3/c1-16(2)31(25(34)17-11-18(27)13-19(28)12-17)15-24(33)29-23-14-22(26(3,4)5)30-32(23)20-7-9-21(35-6)10-8-20/h7-14,16H,15H2,1-6H3,(H,29,33). The smallest absolute Gasteiger partial charge is 0.254 e. The summed E-state index contributed by atoms with van der Waals surface area (Å²) in [7, 11) is 1.60. The van der Waals surface area contributed by atoms with Gasteiger partial charge < -0.3 is 15.0 Å². The van der Waals surface area contributed by atoms with E-state index in [1.54, 1.807) is 17.9 Å². The van der Waals surface area contributed by atoms with E-state index >= 15 is 0 Å². The molecule has 186 valence electrons. The van der Waals surface area contributed by atoms with E-state index in [2.05, 4.69) is 26.1 Å². The molecule has 3 aromatic rings. The number of aromatic nitrogens is 2. The van der Waals surface area contributed by atoms with Gasteiger partial charge in [-0.05, 0) is 56.3 Å². The second-order valence-electron chi connectivity index (χ2n) is 9.51. The van der Waals surface area contributed by atoms with E-state index in [9.17, 15) is 9.59 Å². The Hall–Kier alpha value is -3.03. The van der Waals surface area contributed by atoms with Crippen LogP contribution in [0.1, 0.15) is 50.7 Å². The van der Waals surface area contributed by atoms with E-state index in [1.165, 1.54) is 17.0 Å². The van der Waals surface area contributed by atoms with Gasteiger partial charge in [-0.2, -0.15) is 5.10 Å². The Labute approximate surface area is 216 Å². The largest absolute Gasteiger partial charge is 0.497 e. The molecule has 0 unspecified atom stereocenters. The third-order valence-electron chi connectivity index (χ3n) is 5.37. The molecule has 0 aliphatic heterocycles. The number of carbonyl (C=O) groups excluding carboxylic acids is 2. The molecule has 7 nitrogen and oxygen atoms in total. The molecule has 0 saturated heterocycles. The number of nitrogens with one attached hydrogen (secondary N) is 1. The van der Waals surface area contributed by atoms with Crippen molar-refractivity contribution in [1.82, 2.24) is 14.7 Å². The van der Waals surface area contributed by atoms with E-state index in [4.69, 9.17) is 33.0 Å². The number of hydrogen-bond donors (Lipinski definition) is 1. The van der Waals surface area contributed by atoms with Crippen molar-refractivity contribution < 1.29 is 14.3 Å². The van der Waals surface area contributed by atoms with Gasteiger partial charge in [0.15, 0.2) is 0 Å².